The third-order valence-corrected chi connectivity index (χ3v) is 5.43. The van der Waals surface area contributed by atoms with E-state index in [4.69, 9.17) is 4.74 Å². The Bertz CT molecular complexity index is 766. The van der Waals surface area contributed by atoms with Gasteiger partial charge in [-0.15, -0.1) is 11.3 Å². The Balaban J connectivity index is 1.45. The van der Waals surface area contributed by atoms with E-state index in [1.807, 2.05) is 36.6 Å². The average molecular weight is 372 g/mol. The van der Waals surface area contributed by atoms with Crippen molar-refractivity contribution in [3.63, 3.8) is 0 Å². The number of nitrogens with zero attached hydrogens (tertiary/aromatic N) is 1. The molecule has 3 rings (SSSR count). The molecule has 1 aliphatic carbocycles. The zero-order valence-electron chi connectivity index (χ0n) is 15.0. The van der Waals surface area contributed by atoms with Crippen molar-refractivity contribution in [3.8, 4) is 11.3 Å². The number of carbonyl (C=O) groups excluding carboxylic acids is 2. The van der Waals surface area contributed by atoms with Gasteiger partial charge in [0, 0.05) is 23.1 Å². The zero-order valence-corrected chi connectivity index (χ0v) is 15.8. The first-order chi connectivity index (χ1) is 12.6. The normalized spacial score (nSPS) is 14.3. The van der Waals surface area contributed by atoms with Crippen LogP contribution >= 0.6 is 11.3 Å². The van der Waals surface area contributed by atoms with Crippen LogP contribution < -0.4 is 5.32 Å². The van der Waals surface area contributed by atoms with E-state index >= 15 is 0 Å². The fourth-order valence-electron chi connectivity index (χ4n) is 3.29. The first kappa shape index (κ1) is 18.6. The Morgan fingerprint density at radius 2 is 2.12 bits per heavy atom. The number of benzene rings is 1. The van der Waals surface area contributed by atoms with E-state index in [1.54, 1.807) is 11.3 Å². The molecule has 26 heavy (non-hydrogen) atoms. The molecule has 1 aromatic heterocycles. The van der Waals surface area contributed by atoms with Gasteiger partial charge in [0.05, 0.1) is 10.7 Å². The number of hydrogen-bond donors (Lipinski definition) is 1. The first-order valence-corrected chi connectivity index (χ1v) is 9.96. The highest BCUT2D eigenvalue weighted by Crippen LogP contribution is 2.28. The van der Waals surface area contributed by atoms with Gasteiger partial charge in [0.1, 0.15) is 0 Å². The minimum atomic E-state index is -0.328. The maximum Gasteiger partial charge on any atom is 0.306 e. The standard InChI is InChI=1S/C20H24N2O3S/c1-14-21-18(13-26-14)16-7-4-8-17(11-16)22-19(23)12-25-20(24)10-9-15-5-2-3-6-15/h4,7-8,11,13,15H,2-3,5-6,9-10,12H2,1H3,(H,22,23). The molecule has 0 spiro atoms. The summed E-state index contributed by atoms with van der Waals surface area (Å²) in [6, 6.07) is 7.50. The second kappa shape index (κ2) is 8.94. The number of amides is 1. The van der Waals surface area contributed by atoms with Crippen molar-refractivity contribution in [1.29, 1.82) is 0 Å². The number of anilines is 1. The number of ether oxygens (including phenoxy) is 1. The van der Waals surface area contributed by atoms with Gasteiger partial charge in [0.25, 0.3) is 5.91 Å². The molecule has 1 N–H and O–H groups in total. The highest BCUT2D eigenvalue weighted by Gasteiger charge is 2.17. The zero-order chi connectivity index (χ0) is 18.4. The Hall–Kier alpha value is -2.21. The van der Waals surface area contributed by atoms with E-state index in [-0.39, 0.29) is 18.5 Å². The minimum absolute atomic E-state index is 0.246. The summed E-state index contributed by atoms with van der Waals surface area (Å²) >= 11 is 1.59. The fraction of sp³-hybridized carbons (Fsp3) is 0.450. The number of rotatable bonds is 7. The molecule has 6 heteroatoms. The number of esters is 1. The summed E-state index contributed by atoms with van der Waals surface area (Å²) < 4.78 is 5.09. The van der Waals surface area contributed by atoms with Crippen LogP contribution in [-0.4, -0.2) is 23.5 Å². The van der Waals surface area contributed by atoms with E-state index in [9.17, 15) is 9.59 Å². The van der Waals surface area contributed by atoms with Crippen LogP contribution in [0.25, 0.3) is 11.3 Å². The predicted molar refractivity (Wildman–Crippen MR) is 103 cm³/mol. The molecule has 0 atom stereocenters. The molecule has 1 aliphatic rings. The number of aromatic nitrogens is 1. The van der Waals surface area contributed by atoms with Crippen molar-refractivity contribution < 1.29 is 14.3 Å². The van der Waals surface area contributed by atoms with E-state index in [1.165, 1.54) is 25.7 Å². The van der Waals surface area contributed by atoms with Crippen LogP contribution in [0.1, 0.15) is 43.5 Å². The molecule has 1 heterocycles. The summed E-state index contributed by atoms with van der Waals surface area (Å²) in [6.45, 7) is 1.71. The summed E-state index contributed by atoms with van der Waals surface area (Å²) in [5, 5.41) is 5.76. The van der Waals surface area contributed by atoms with Gasteiger partial charge in [-0.2, -0.15) is 0 Å². The van der Waals surface area contributed by atoms with Gasteiger partial charge in [-0.3, -0.25) is 9.59 Å². The Labute approximate surface area is 157 Å². The van der Waals surface area contributed by atoms with Crippen LogP contribution in [0.4, 0.5) is 5.69 Å². The molecule has 0 aliphatic heterocycles. The Kier molecular flexibility index (Phi) is 6.39. The molecule has 1 amide bonds. The van der Waals surface area contributed by atoms with Crippen LogP contribution in [-0.2, 0) is 14.3 Å². The Morgan fingerprint density at radius 1 is 1.31 bits per heavy atom. The molecule has 0 bridgehead atoms. The van der Waals surface area contributed by atoms with E-state index in [2.05, 4.69) is 10.3 Å². The second-order valence-electron chi connectivity index (χ2n) is 6.73. The topological polar surface area (TPSA) is 68.3 Å². The van der Waals surface area contributed by atoms with Gasteiger partial charge in [0.15, 0.2) is 6.61 Å². The molecular weight excluding hydrogens is 348 g/mol. The van der Waals surface area contributed by atoms with E-state index in [0.29, 0.717) is 18.0 Å². The number of nitrogens with one attached hydrogen (secondary N) is 1. The van der Waals surface area contributed by atoms with Crippen molar-refractivity contribution in [2.45, 2.75) is 45.4 Å². The van der Waals surface area contributed by atoms with Crippen LogP contribution in [0, 0.1) is 12.8 Å². The van der Waals surface area contributed by atoms with Crippen molar-refractivity contribution >= 4 is 28.9 Å². The van der Waals surface area contributed by atoms with Crippen LogP contribution in [0.3, 0.4) is 0 Å². The van der Waals surface area contributed by atoms with Gasteiger partial charge in [0.2, 0.25) is 0 Å². The van der Waals surface area contributed by atoms with Gasteiger partial charge in [-0.05, 0) is 31.4 Å². The minimum Gasteiger partial charge on any atom is -0.456 e. The maximum atomic E-state index is 12.0. The van der Waals surface area contributed by atoms with Crippen LogP contribution in [0.2, 0.25) is 0 Å². The molecule has 5 nitrogen and oxygen atoms in total. The third-order valence-electron chi connectivity index (χ3n) is 4.66. The molecule has 2 aromatic rings. The number of hydrogen-bond acceptors (Lipinski definition) is 5. The SMILES string of the molecule is Cc1nc(-c2cccc(NC(=O)COC(=O)CCC3CCCC3)c2)cs1. The third kappa shape index (κ3) is 5.39. The molecule has 0 saturated heterocycles. The number of carbonyl (C=O) groups is 2. The lowest BCUT2D eigenvalue weighted by atomic mass is 10.0. The van der Waals surface area contributed by atoms with Gasteiger partial charge < -0.3 is 10.1 Å². The van der Waals surface area contributed by atoms with Gasteiger partial charge in [-0.1, -0.05) is 37.8 Å². The highest BCUT2D eigenvalue weighted by molar-refractivity contribution is 7.09. The monoisotopic (exact) mass is 372 g/mol. The molecule has 138 valence electrons. The molecule has 1 saturated carbocycles. The lowest BCUT2D eigenvalue weighted by Crippen LogP contribution is -2.21. The van der Waals surface area contributed by atoms with Gasteiger partial charge in [-0.25, -0.2) is 4.98 Å². The largest absolute Gasteiger partial charge is 0.456 e. The summed E-state index contributed by atoms with van der Waals surface area (Å²) in [4.78, 5) is 28.3. The summed E-state index contributed by atoms with van der Waals surface area (Å²) in [5.74, 6) is 0.0260. The van der Waals surface area contributed by atoms with Crippen molar-refractivity contribution in [2.24, 2.45) is 5.92 Å². The quantitative estimate of drug-likeness (QED) is 0.723. The fourth-order valence-corrected chi connectivity index (χ4v) is 3.91. The molecule has 0 radical (unpaired) electrons. The Morgan fingerprint density at radius 3 is 2.85 bits per heavy atom. The lowest BCUT2D eigenvalue weighted by molar-refractivity contribution is -0.147. The van der Waals surface area contributed by atoms with Crippen molar-refractivity contribution in [3.05, 3.63) is 34.7 Å². The number of thiazole rings is 1. The second-order valence-corrected chi connectivity index (χ2v) is 7.79. The first-order valence-electron chi connectivity index (χ1n) is 9.08. The van der Waals surface area contributed by atoms with Crippen LogP contribution in [0.15, 0.2) is 29.6 Å². The smallest absolute Gasteiger partial charge is 0.306 e. The van der Waals surface area contributed by atoms with Crippen molar-refractivity contribution in [2.75, 3.05) is 11.9 Å². The van der Waals surface area contributed by atoms with Gasteiger partial charge >= 0.3 is 5.97 Å². The van der Waals surface area contributed by atoms with Crippen molar-refractivity contribution in [1.82, 2.24) is 4.98 Å². The highest BCUT2D eigenvalue weighted by atomic mass is 32.1. The average Bonchev–Trinajstić information content (AvgIpc) is 3.30. The summed E-state index contributed by atoms with van der Waals surface area (Å²) in [5.41, 5.74) is 2.50. The van der Waals surface area contributed by atoms with E-state index in [0.717, 1.165) is 22.7 Å². The molecule has 1 aromatic carbocycles. The maximum absolute atomic E-state index is 12.0. The summed E-state index contributed by atoms with van der Waals surface area (Å²) in [7, 11) is 0. The molecule has 1 fully saturated rings. The summed E-state index contributed by atoms with van der Waals surface area (Å²) in [6.07, 6.45) is 6.22. The predicted octanol–water partition coefficient (Wildman–Crippen LogP) is 4.57. The molecular formula is C20H24N2O3S. The van der Waals surface area contributed by atoms with Crippen LogP contribution in [0.5, 0.6) is 0 Å². The van der Waals surface area contributed by atoms with E-state index < -0.39 is 0 Å². The molecule has 0 unspecified atom stereocenters. The number of aryl methyl sites for hydroxylation is 1. The lowest BCUT2D eigenvalue weighted by Gasteiger charge is -2.09.